The summed E-state index contributed by atoms with van der Waals surface area (Å²) in [5, 5.41) is 8.75. The Bertz CT molecular complexity index is 545. The molecule has 0 spiro atoms. The zero-order chi connectivity index (χ0) is 16.7. The lowest BCUT2D eigenvalue weighted by molar-refractivity contribution is -0.132. The van der Waals surface area contributed by atoms with Crippen LogP contribution in [-0.4, -0.2) is 48.8 Å². The van der Waals surface area contributed by atoms with Gasteiger partial charge in [0.05, 0.1) is 6.54 Å². The predicted molar refractivity (Wildman–Crippen MR) is 89.3 cm³/mol. The summed E-state index contributed by atoms with van der Waals surface area (Å²) in [6.45, 7) is 4.00. The van der Waals surface area contributed by atoms with E-state index >= 15 is 0 Å². The second kappa shape index (κ2) is 8.67. The van der Waals surface area contributed by atoms with Crippen LogP contribution in [0.25, 0.3) is 0 Å². The van der Waals surface area contributed by atoms with E-state index in [4.69, 9.17) is 0 Å². The van der Waals surface area contributed by atoms with Crippen molar-refractivity contribution in [1.29, 1.82) is 0 Å². The van der Waals surface area contributed by atoms with Crippen molar-refractivity contribution in [2.75, 3.05) is 26.2 Å². The van der Waals surface area contributed by atoms with E-state index in [9.17, 15) is 14.4 Å². The Kier molecular flexibility index (Phi) is 6.58. The third-order valence-corrected chi connectivity index (χ3v) is 4.55. The number of nitrogens with one attached hydrogen (secondary N) is 2. The first kappa shape index (κ1) is 17.5. The van der Waals surface area contributed by atoms with E-state index in [0.29, 0.717) is 24.4 Å². The summed E-state index contributed by atoms with van der Waals surface area (Å²) in [7, 11) is 0. The van der Waals surface area contributed by atoms with Crippen molar-refractivity contribution in [3.05, 3.63) is 22.4 Å². The maximum absolute atomic E-state index is 12.1. The number of hydrogen-bond acceptors (Lipinski definition) is 4. The Morgan fingerprint density at radius 1 is 1.35 bits per heavy atom. The van der Waals surface area contributed by atoms with Crippen LogP contribution in [-0.2, 0) is 9.59 Å². The largest absolute Gasteiger partial charge is 0.354 e. The van der Waals surface area contributed by atoms with Gasteiger partial charge in [0.2, 0.25) is 11.8 Å². The summed E-state index contributed by atoms with van der Waals surface area (Å²) >= 11 is 1.43. The molecule has 3 amide bonds. The number of amides is 3. The molecule has 1 fully saturated rings. The highest BCUT2D eigenvalue weighted by Crippen LogP contribution is 2.15. The molecule has 2 heterocycles. The van der Waals surface area contributed by atoms with Crippen molar-refractivity contribution < 1.29 is 14.4 Å². The van der Waals surface area contributed by atoms with Crippen molar-refractivity contribution in [2.45, 2.75) is 26.2 Å². The Labute approximate surface area is 140 Å². The quantitative estimate of drug-likeness (QED) is 0.820. The van der Waals surface area contributed by atoms with E-state index in [1.165, 1.54) is 17.8 Å². The number of thiophene rings is 1. The molecule has 7 heteroatoms. The van der Waals surface area contributed by atoms with Crippen LogP contribution < -0.4 is 10.6 Å². The molecule has 0 saturated carbocycles. The van der Waals surface area contributed by atoms with Crippen LogP contribution in [0.2, 0.25) is 0 Å². The van der Waals surface area contributed by atoms with Crippen LogP contribution in [0.5, 0.6) is 0 Å². The minimum atomic E-state index is -0.284. The molecule has 1 aromatic heterocycles. The highest BCUT2D eigenvalue weighted by molar-refractivity contribution is 7.08. The topological polar surface area (TPSA) is 78.5 Å². The molecule has 1 atom stereocenters. The molecule has 6 nitrogen and oxygen atoms in total. The third kappa shape index (κ3) is 5.67. The number of rotatable bonds is 6. The third-order valence-electron chi connectivity index (χ3n) is 3.86. The van der Waals surface area contributed by atoms with Gasteiger partial charge in [-0.05, 0) is 30.2 Å². The monoisotopic (exact) mass is 337 g/mol. The summed E-state index contributed by atoms with van der Waals surface area (Å²) in [6, 6.07) is 1.70. The molecular weight excluding hydrogens is 314 g/mol. The molecule has 0 bridgehead atoms. The van der Waals surface area contributed by atoms with Gasteiger partial charge in [-0.3, -0.25) is 14.4 Å². The second-order valence-corrected chi connectivity index (χ2v) is 6.66. The SMILES string of the molecule is CC1CCCN(C(=O)CCNC(=O)CNC(=O)c2ccsc2)C1. The van der Waals surface area contributed by atoms with Gasteiger partial charge in [-0.25, -0.2) is 0 Å². The standard InChI is InChI=1S/C16H23N3O3S/c1-12-3-2-7-19(10-12)15(21)4-6-17-14(20)9-18-16(22)13-5-8-23-11-13/h5,8,11-12H,2-4,6-7,9-10H2,1H3,(H,17,20)(H,18,22). The van der Waals surface area contributed by atoms with Gasteiger partial charge < -0.3 is 15.5 Å². The lowest BCUT2D eigenvalue weighted by Crippen LogP contribution is -2.42. The zero-order valence-electron chi connectivity index (χ0n) is 13.3. The fraction of sp³-hybridized carbons (Fsp3) is 0.562. The second-order valence-electron chi connectivity index (χ2n) is 5.88. The van der Waals surface area contributed by atoms with Crippen molar-refractivity contribution >= 4 is 29.1 Å². The van der Waals surface area contributed by atoms with Crippen molar-refractivity contribution in [2.24, 2.45) is 5.92 Å². The van der Waals surface area contributed by atoms with Gasteiger partial charge in [-0.1, -0.05) is 6.92 Å². The number of carbonyl (C=O) groups is 3. The van der Waals surface area contributed by atoms with E-state index in [1.807, 2.05) is 10.3 Å². The van der Waals surface area contributed by atoms with Gasteiger partial charge in [-0.15, -0.1) is 0 Å². The Morgan fingerprint density at radius 3 is 2.87 bits per heavy atom. The van der Waals surface area contributed by atoms with Gasteiger partial charge in [0.15, 0.2) is 0 Å². The molecule has 0 radical (unpaired) electrons. The van der Waals surface area contributed by atoms with Crippen LogP contribution in [0.3, 0.4) is 0 Å². The molecule has 1 aliphatic heterocycles. The Morgan fingerprint density at radius 2 is 2.17 bits per heavy atom. The Hall–Kier alpha value is -1.89. The normalized spacial score (nSPS) is 17.6. The molecule has 23 heavy (non-hydrogen) atoms. The molecular formula is C16H23N3O3S. The molecule has 0 aliphatic carbocycles. The molecule has 1 saturated heterocycles. The van der Waals surface area contributed by atoms with E-state index < -0.39 is 0 Å². The number of carbonyl (C=O) groups excluding carboxylic acids is 3. The van der Waals surface area contributed by atoms with Gasteiger partial charge >= 0.3 is 0 Å². The van der Waals surface area contributed by atoms with E-state index in [0.717, 1.165) is 19.5 Å². The summed E-state index contributed by atoms with van der Waals surface area (Å²) in [5.74, 6) is 0.0851. The van der Waals surface area contributed by atoms with Crippen molar-refractivity contribution in [3.8, 4) is 0 Å². The van der Waals surface area contributed by atoms with Gasteiger partial charge in [0, 0.05) is 37.0 Å². The summed E-state index contributed by atoms with van der Waals surface area (Å²) < 4.78 is 0. The first-order chi connectivity index (χ1) is 11.1. The lowest BCUT2D eigenvalue weighted by Gasteiger charge is -2.31. The number of piperidine rings is 1. The minimum Gasteiger partial charge on any atom is -0.354 e. The summed E-state index contributed by atoms with van der Waals surface area (Å²) in [5.41, 5.74) is 0.553. The minimum absolute atomic E-state index is 0.0797. The molecule has 2 rings (SSSR count). The Balaban J connectivity index is 1.61. The first-order valence-electron chi connectivity index (χ1n) is 7.91. The van der Waals surface area contributed by atoms with Crippen LogP contribution in [0, 0.1) is 5.92 Å². The summed E-state index contributed by atoms with van der Waals surface area (Å²) in [6.07, 6.45) is 2.52. The molecule has 1 unspecified atom stereocenters. The van der Waals surface area contributed by atoms with E-state index in [1.54, 1.807) is 11.4 Å². The first-order valence-corrected chi connectivity index (χ1v) is 8.85. The van der Waals surface area contributed by atoms with Gasteiger partial charge in [0.1, 0.15) is 0 Å². The number of hydrogen-bond donors (Lipinski definition) is 2. The average Bonchev–Trinajstić information content (AvgIpc) is 3.07. The number of likely N-dealkylation sites (tertiary alicyclic amines) is 1. The van der Waals surface area contributed by atoms with Crippen molar-refractivity contribution in [3.63, 3.8) is 0 Å². The fourth-order valence-electron chi connectivity index (χ4n) is 2.60. The van der Waals surface area contributed by atoms with Crippen LogP contribution >= 0.6 is 11.3 Å². The average molecular weight is 337 g/mol. The number of nitrogens with zero attached hydrogens (tertiary/aromatic N) is 1. The van der Waals surface area contributed by atoms with Gasteiger partial charge in [-0.2, -0.15) is 11.3 Å². The van der Waals surface area contributed by atoms with E-state index in [2.05, 4.69) is 17.6 Å². The highest BCUT2D eigenvalue weighted by atomic mass is 32.1. The summed E-state index contributed by atoms with van der Waals surface area (Å²) in [4.78, 5) is 37.3. The molecule has 1 aromatic rings. The van der Waals surface area contributed by atoms with E-state index in [-0.39, 0.29) is 24.3 Å². The van der Waals surface area contributed by atoms with Crippen LogP contribution in [0.4, 0.5) is 0 Å². The molecule has 0 aromatic carbocycles. The van der Waals surface area contributed by atoms with Crippen molar-refractivity contribution in [1.82, 2.24) is 15.5 Å². The van der Waals surface area contributed by atoms with Crippen LogP contribution in [0.1, 0.15) is 36.5 Å². The van der Waals surface area contributed by atoms with Crippen LogP contribution in [0.15, 0.2) is 16.8 Å². The molecule has 1 aliphatic rings. The lowest BCUT2D eigenvalue weighted by atomic mass is 10.00. The smallest absolute Gasteiger partial charge is 0.252 e. The maximum atomic E-state index is 12.1. The fourth-order valence-corrected chi connectivity index (χ4v) is 3.24. The predicted octanol–water partition coefficient (Wildman–Crippen LogP) is 1.24. The maximum Gasteiger partial charge on any atom is 0.252 e. The molecule has 126 valence electrons. The molecule has 2 N–H and O–H groups in total. The highest BCUT2D eigenvalue weighted by Gasteiger charge is 2.20. The zero-order valence-corrected chi connectivity index (χ0v) is 14.2. The van der Waals surface area contributed by atoms with Gasteiger partial charge in [0.25, 0.3) is 5.91 Å².